The Morgan fingerprint density at radius 3 is 2.52 bits per heavy atom. The Morgan fingerprint density at radius 2 is 1.84 bits per heavy atom. The molecule has 7 heteroatoms. The molecule has 2 aromatic carbocycles. The molecule has 0 atom stereocenters. The number of carbonyl (C=O) groups excluding carboxylic acids is 1. The molecule has 1 fully saturated rings. The van der Waals surface area contributed by atoms with E-state index < -0.39 is 5.97 Å². The number of benzene rings is 2. The average molecular weight is 380 g/mol. The van der Waals surface area contributed by atoms with Crippen LogP contribution in [0.5, 0.6) is 17.2 Å². The van der Waals surface area contributed by atoms with Gasteiger partial charge in [-0.05, 0) is 42.0 Å². The van der Waals surface area contributed by atoms with Crippen LogP contribution < -0.4 is 14.2 Å². The fourth-order valence-electron chi connectivity index (χ4n) is 2.29. The summed E-state index contributed by atoms with van der Waals surface area (Å²) in [4.78, 5) is 12.0. The summed E-state index contributed by atoms with van der Waals surface area (Å²) < 4.78 is 29.2. The zero-order chi connectivity index (χ0) is 17.6. The largest absolute Gasteiger partial charge is 0.493 e. The molecule has 3 rings (SSSR count). The molecule has 0 bridgehead atoms. The van der Waals surface area contributed by atoms with Gasteiger partial charge < -0.3 is 14.2 Å². The summed E-state index contributed by atoms with van der Waals surface area (Å²) in [7, 11) is 1.54. The van der Waals surface area contributed by atoms with Crippen molar-refractivity contribution >= 4 is 29.5 Å². The minimum absolute atomic E-state index is 0.273. The van der Waals surface area contributed by atoms with Gasteiger partial charge in [0.05, 0.1) is 11.7 Å². The smallest absolute Gasteiger partial charge is 0.349 e. The van der Waals surface area contributed by atoms with Crippen molar-refractivity contribution in [1.82, 2.24) is 0 Å². The van der Waals surface area contributed by atoms with Crippen molar-refractivity contribution in [3.63, 3.8) is 0 Å². The minimum Gasteiger partial charge on any atom is -0.493 e. The van der Waals surface area contributed by atoms with Gasteiger partial charge in [-0.25, -0.2) is 9.18 Å². The first-order chi connectivity index (χ1) is 12.2. The van der Waals surface area contributed by atoms with Crippen LogP contribution in [0.15, 0.2) is 42.5 Å². The summed E-state index contributed by atoms with van der Waals surface area (Å²) in [5, 5.41) is 0. The molecular formula is C18H17FO4S2. The Morgan fingerprint density at radius 1 is 1.12 bits per heavy atom. The van der Waals surface area contributed by atoms with Crippen LogP contribution in [0.2, 0.25) is 0 Å². The minimum atomic E-state index is -0.556. The highest BCUT2D eigenvalue weighted by atomic mass is 32.2. The van der Waals surface area contributed by atoms with Crippen molar-refractivity contribution in [2.45, 2.75) is 4.58 Å². The van der Waals surface area contributed by atoms with Gasteiger partial charge in [-0.2, -0.15) is 0 Å². The van der Waals surface area contributed by atoms with E-state index in [1.807, 2.05) is 35.7 Å². The second-order valence-corrected chi connectivity index (χ2v) is 7.92. The van der Waals surface area contributed by atoms with Gasteiger partial charge >= 0.3 is 5.97 Å². The van der Waals surface area contributed by atoms with Crippen molar-refractivity contribution in [2.24, 2.45) is 0 Å². The van der Waals surface area contributed by atoms with Crippen LogP contribution in [-0.4, -0.2) is 31.2 Å². The quantitative estimate of drug-likeness (QED) is 0.550. The molecule has 0 spiro atoms. The van der Waals surface area contributed by atoms with Gasteiger partial charge in [0.1, 0.15) is 11.6 Å². The van der Waals surface area contributed by atoms with Gasteiger partial charge in [-0.15, -0.1) is 23.5 Å². The second-order valence-electron chi connectivity index (χ2n) is 5.20. The Balaban J connectivity index is 1.60. The van der Waals surface area contributed by atoms with Gasteiger partial charge in [0.15, 0.2) is 18.1 Å². The Kier molecular flexibility index (Phi) is 6.09. The molecule has 132 valence electrons. The molecule has 1 aliphatic rings. The van der Waals surface area contributed by atoms with E-state index in [-0.39, 0.29) is 12.4 Å². The highest BCUT2D eigenvalue weighted by Gasteiger charge is 2.20. The molecule has 0 radical (unpaired) electrons. The van der Waals surface area contributed by atoms with Crippen molar-refractivity contribution in [2.75, 3.05) is 25.2 Å². The lowest BCUT2D eigenvalue weighted by Gasteiger charge is -2.14. The number of esters is 1. The lowest BCUT2D eigenvalue weighted by atomic mass is 10.2. The van der Waals surface area contributed by atoms with Crippen molar-refractivity contribution in [3.05, 3.63) is 53.8 Å². The highest BCUT2D eigenvalue weighted by molar-refractivity contribution is 8.19. The van der Waals surface area contributed by atoms with Crippen LogP contribution >= 0.6 is 23.5 Å². The van der Waals surface area contributed by atoms with Gasteiger partial charge in [-0.1, -0.05) is 6.07 Å². The van der Waals surface area contributed by atoms with Gasteiger partial charge in [0.25, 0.3) is 0 Å². The molecule has 25 heavy (non-hydrogen) atoms. The number of carbonyl (C=O) groups is 1. The van der Waals surface area contributed by atoms with Crippen molar-refractivity contribution < 1.29 is 23.4 Å². The molecule has 0 saturated carbocycles. The van der Waals surface area contributed by atoms with E-state index >= 15 is 0 Å². The van der Waals surface area contributed by atoms with Crippen LogP contribution in [0.4, 0.5) is 4.39 Å². The lowest BCUT2D eigenvalue weighted by Crippen LogP contribution is -2.18. The summed E-state index contributed by atoms with van der Waals surface area (Å²) >= 11 is 3.79. The number of methoxy groups -OCH3 is 1. The predicted molar refractivity (Wildman–Crippen MR) is 98.2 cm³/mol. The number of hydrogen-bond donors (Lipinski definition) is 0. The SMILES string of the molecule is COc1cc(C2SCCS2)ccc1OC(=O)COc1ccc(F)cc1. The Hall–Kier alpha value is -1.86. The number of ether oxygens (including phenoxy) is 3. The summed E-state index contributed by atoms with van der Waals surface area (Å²) in [6, 6.07) is 11.0. The zero-order valence-corrected chi connectivity index (χ0v) is 15.2. The maximum Gasteiger partial charge on any atom is 0.349 e. The second kappa shape index (κ2) is 8.49. The van der Waals surface area contributed by atoms with E-state index in [0.29, 0.717) is 21.8 Å². The molecule has 1 heterocycles. The fraction of sp³-hybridized carbons (Fsp3) is 0.278. The molecular weight excluding hydrogens is 363 g/mol. The third kappa shape index (κ3) is 4.83. The third-order valence-corrected chi connectivity index (χ3v) is 6.58. The van der Waals surface area contributed by atoms with E-state index in [9.17, 15) is 9.18 Å². The predicted octanol–water partition coefficient (Wildman–Crippen LogP) is 4.30. The monoisotopic (exact) mass is 380 g/mol. The van der Waals surface area contributed by atoms with Crippen molar-refractivity contribution in [3.8, 4) is 17.2 Å². The molecule has 0 aromatic heterocycles. The number of hydrogen-bond acceptors (Lipinski definition) is 6. The normalized spacial score (nSPS) is 14.3. The Labute approximate surface area is 154 Å². The zero-order valence-electron chi connectivity index (χ0n) is 13.6. The molecule has 0 unspecified atom stereocenters. The van der Waals surface area contributed by atoms with Crippen LogP contribution in [0.3, 0.4) is 0 Å². The average Bonchev–Trinajstić information content (AvgIpc) is 3.16. The fourth-order valence-corrected chi connectivity index (χ4v) is 5.13. The third-order valence-electron chi connectivity index (χ3n) is 3.48. The molecule has 2 aromatic rings. The van der Waals surface area contributed by atoms with Crippen LogP contribution in [0.1, 0.15) is 10.1 Å². The number of rotatable bonds is 6. The van der Waals surface area contributed by atoms with E-state index in [0.717, 1.165) is 17.1 Å². The number of thioether (sulfide) groups is 2. The summed E-state index contributed by atoms with van der Waals surface area (Å²) in [5.74, 6) is 2.62. The van der Waals surface area contributed by atoms with Crippen LogP contribution in [0, 0.1) is 5.82 Å². The van der Waals surface area contributed by atoms with Crippen LogP contribution in [0.25, 0.3) is 0 Å². The molecule has 0 aliphatic carbocycles. The molecule has 0 N–H and O–H groups in total. The Bertz CT molecular complexity index is 730. The maximum absolute atomic E-state index is 12.8. The summed E-state index contributed by atoms with van der Waals surface area (Å²) in [6.45, 7) is -0.273. The van der Waals surface area contributed by atoms with E-state index in [4.69, 9.17) is 14.2 Å². The van der Waals surface area contributed by atoms with Gasteiger partial charge in [0, 0.05) is 11.5 Å². The molecule has 0 amide bonds. The van der Waals surface area contributed by atoms with Gasteiger partial charge in [-0.3, -0.25) is 0 Å². The standard InChI is InChI=1S/C18H17FO4S2/c1-21-16-10-12(18-24-8-9-25-18)2-7-15(16)23-17(20)11-22-14-5-3-13(19)4-6-14/h2-7,10,18H,8-9,11H2,1H3. The lowest BCUT2D eigenvalue weighted by molar-refractivity contribution is -0.136. The maximum atomic E-state index is 12.8. The highest BCUT2D eigenvalue weighted by Crippen LogP contribution is 2.46. The van der Waals surface area contributed by atoms with E-state index in [2.05, 4.69) is 0 Å². The number of halogens is 1. The first-order valence-electron chi connectivity index (χ1n) is 7.66. The molecule has 1 saturated heterocycles. The topological polar surface area (TPSA) is 44.8 Å². The summed E-state index contributed by atoms with van der Waals surface area (Å²) in [5.41, 5.74) is 1.15. The molecule has 4 nitrogen and oxygen atoms in total. The van der Waals surface area contributed by atoms with E-state index in [1.165, 1.54) is 24.3 Å². The van der Waals surface area contributed by atoms with E-state index in [1.54, 1.807) is 13.2 Å². The first kappa shape index (κ1) is 17.9. The summed E-state index contributed by atoms with van der Waals surface area (Å²) in [6.07, 6.45) is 0. The van der Waals surface area contributed by atoms with Crippen molar-refractivity contribution in [1.29, 1.82) is 0 Å². The molecule has 1 aliphatic heterocycles. The first-order valence-corrected chi connectivity index (χ1v) is 9.75. The van der Waals surface area contributed by atoms with Gasteiger partial charge in [0.2, 0.25) is 0 Å². The van der Waals surface area contributed by atoms with Crippen LogP contribution in [-0.2, 0) is 4.79 Å².